The molecule has 0 N–H and O–H groups in total. The van der Waals surface area contributed by atoms with Crippen molar-refractivity contribution in [1.82, 2.24) is 4.57 Å². The highest BCUT2D eigenvalue weighted by molar-refractivity contribution is 7.07. The third-order valence-corrected chi connectivity index (χ3v) is 7.93. The minimum absolute atomic E-state index is 0.0679. The van der Waals surface area contributed by atoms with E-state index in [1.54, 1.807) is 31.2 Å². The molecule has 42 heavy (non-hydrogen) atoms. The van der Waals surface area contributed by atoms with E-state index in [4.69, 9.17) is 25.8 Å². The number of halogens is 1. The Morgan fingerprint density at radius 3 is 2.57 bits per heavy atom. The topological polar surface area (TPSA) is 122 Å². The van der Waals surface area contributed by atoms with Gasteiger partial charge in [0.05, 0.1) is 41.0 Å². The number of nitro benzene ring substituents is 1. The summed E-state index contributed by atoms with van der Waals surface area (Å²) in [6.45, 7) is 1.99. The van der Waals surface area contributed by atoms with E-state index in [1.807, 2.05) is 30.3 Å². The van der Waals surface area contributed by atoms with Gasteiger partial charge in [0.15, 0.2) is 16.3 Å². The fraction of sp³-hybridized carbons (Fsp3) is 0.167. The minimum atomic E-state index is -1.02. The smallest absolute Gasteiger partial charge is 0.338 e. The largest absolute Gasteiger partial charge is 0.493 e. The molecule has 10 nitrogen and oxygen atoms in total. The van der Waals surface area contributed by atoms with Crippen LogP contribution in [0.4, 0.5) is 5.69 Å². The maximum atomic E-state index is 13.8. The average Bonchev–Trinajstić information content (AvgIpc) is 3.29. The number of nitrogens with zero attached hydrogens (tertiary/aromatic N) is 3. The minimum Gasteiger partial charge on any atom is -0.493 e. The highest BCUT2D eigenvalue weighted by atomic mass is 35.5. The van der Waals surface area contributed by atoms with Crippen LogP contribution in [-0.2, 0) is 16.1 Å². The van der Waals surface area contributed by atoms with Crippen LogP contribution < -0.4 is 24.4 Å². The zero-order valence-electron chi connectivity index (χ0n) is 22.7. The Balaban J connectivity index is 1.59. The second-order valence-corrected chi connectivity index (χ2v) is 10.6. The summed E-state index contributed by atoms with van der Waals surface area (Å²) in [5.74, 6) is 0.328. The number of benzene rings is 3. The zero-order chi connectivity index (χ0) is 30.0. The molecule has 0 aliphatic carbocycles. The van der Waals surface area contributed by atoms with Crippen molar-refractivity contribution in [3.8, 4) is 11.5 Å². The van der Waals surface area contributed by atoms with Gasteiger partial charge in [0.25, 0.3) is 11.2 Å². The summed E-state index contributed by atoms with van der Waals surface area (Å²) in [5.41, 5.74) is 1.64. The van der Waals surface area contributed by atoms with Gasteiger partial charge in [0.2, 0.25) is 0 Å². The molecular weight excluding hydrogens is 582 g/mol. The van der Waals surface area contributed by atoms with E-state index >= 15 is 0 Å². The van der Waals surface area contributed by atoms with Crippen molar-refractivity contribution in [2.75, 3.05) is 14.2 Å². The van der Waals surface area contributed by atoms with E-state index in [1.165, 1.54) is 37.0 Å². The molecule has 214 valence electrons. The standard InChI is InChI=1S/C30H24ClN3O7S/c1-17-26(29(36)40-3)27(20-10-11-21(31)22(15-20)34(37)38)33-28(35)25(42-30(33)32-17)14-19-9-12-23(24(13-19)39-2)41-16-18-7-5-4-6-8-18/h4-15,27H,16H2,1-3H3. The maximum Gasteiger partial charge on any atom is 0.338 e. The van der Waals surface area contributed by atoms with Gasteiger partial charge in [-0.1, -0.05) is 65.4 Å². The first-order valence-electron chi connectivity index (χ1n) is 12.6. The Kier molecular flexibility index (Phi) is 8.23. The van der Waals surface area contributed by atoms with Crippen LogP contribution in [0.15, 0.2) is 87.8 Å². The lowest BCUT2D eigenvalue weighted by atomic mass is 9.95. The van der Waals surface area contributed by atoms with Crippen LogP contribution in [0.3, 0.4) is 0 Å². The van der Waals surface area contributed by atoms with Crippen molar-refractivity contribution in [3.05, 3.63) is 130 Å². The number of ether oxygens (including phenoxy) is 3. The molecule has 5 rings (SSSR count). The summed E-state index contributed by atoms with van der Waals surface area (Å²) in [7, 11) is 2.75. The number of rotatable bonds is 8. The van der Waals surface area contributed by atoms with Gasteiger partial charge in [0, 0.05) is 6.07 Å². The van der Waals surface area contributed by atoms with Gasteiger partial charge < -0.3 is 14.2 Å². The molecule has 0 bridgehead atoms. The highest BCUT2D eigenvalue weighted by Crippen LogP contribution is 2.35. The number of hydrogen-bond acceptors (Lipinski definition) is 9. The molecule has 4 aromatic rings. The number of thiazole rings is 1. The van der Waals surface area contributed by atoms with E-state index in [0.717, 1.165) is 16.9 Å². The fourth-order valence-electron chi connectivity index (χ4n) is 4.63. The normalized spacial score (nSPS) is 14.7. The van der Waals surface area contributed by atoms with E-state index in [9.17, 15) is 19.7 Å². The number of fused-ring (bicyclic) bond motifs is 1. The van der Waals surface area contributed by atoms with Crippen LogP contribution in [0, 0.1) is 10.1 Å². The van der Waals surface area contributed by atoms with E-state index in [-0.39, 0.29) is 16.3 Å². The third kappa shape index (κ3) is 5.56. The highest BCUT2D eigenvalue weighted by Gasteiger charge is 2.34. The van der Waals surface area contributed by atoms with E-state index in [2.05, 4.69) is 4.99 Å². The van der Waals surface area contributed by atoms with Crippen molar-refractivity contribution in [2.24, 2.45) is 4.99 Å². The summed E-state index contributed by atoms with van der Waals surface area (Å²) in [6, 6.07) is 18.2. The molecule has 1 aliphatic rings. The zero-order valence-corrected chi connectivity index (χ0v) is 24.3. The van der Waals surface area contributed by atoms with Crippen LogP contribution >= 0.6 is 22.9 Å². The molecule has 12 heteroatoms. The molecule has 1 unspecified atom stereocenters. The monoisotopic (exact) mass is 605 g/mol. The lowest BCUT2D eigenvalue weighted by Crippen LogP contribution is -2.39. The van der Waals surface area contributed by atoms with E-state index < -0.39 is 22.5 Å². The first kappa shape index (κ1) is 28.8. The van der Waals surface area contributed by atoms with Crippen LogP contribution in [0.25, 0.3) is 6.08 Å². The average molecular weight is 606 g/mol. The summed E-state index contributed by atoms with van der Waals surface area (Å²) < 4.78 is 18.2. The van der Waals surface area contributed by atoms with Gasteiger partial charge >= 0.3 is 5.97 Å². The van der Waals surface area contributed by atoms with E-state index in [0.29, 0.717) is 44.3 Å². The van der Waals surface area contributed by atoms with Crippen molar-refractivity contribution in [1.29, 1.82) is 0 Å². The predicted molar refractivity (Wildman–Crippen MR) is 158 cm³/mol. The molecule has 2 heterocycles. The molecule has 1 atom stereocenters. The molecule has 0 fully saturated rings. The Bertz CT molecular complexity index is 1920. The Morgan fingerprint density at radius 1 is 1.12 bits per heavy atom. The van der Waals surface area contributed by atoms with Crippen molar-refractivity contribution in [3.63, 3.8) is 0 Å². The number of aromatic nitrogens is 1. The number of allylic oxidation sites excluding steroid dienone is 1. The molecule has 1 aromatic heterocycles. The molecular formula is C30H24ClN3O7S. The second kappa shape index (κ2) is 12.0. The Hall–Kier alpha value is -4.74. The summed E-state index contributed by atoms with van der Waals surface area (Å²) >= 11 is 7.17. The van der Waals surface area contributed by atoms with Gasteiger partial charge in [-0.3, -0.25) is 19.5 Å². The van der Waals surface area contributed by atoms with Gasteiger partial charge in [-0.2, -0.15) is 0 Å². The molecule has 1 aliphatic heterocycles. The van der Waals surface area contributed by atoms with Gasteiger partial charge in [-0.15, -0.1) is 0 Å². The van der Waals surface area contributed by atoms with Gasteiger partial charge in [0.1, 0.15) is 11.6 Å². The van der Waals surface area contributed by atoms with Crippen LogP contribution in [0.2, 0.25) is 5.02 Å². The third-order valence-electron chi connectivity index (χ3n) is 6.63. The van der Waals surface area contributed by atoms with Gasteiger partial charge in [-0.25, -0.2) is 9.79 Å². The first-order valence-corrected chi connectivity index (χ1v) is 13.8. The molecule has 3 aromatic carbocycles. The van der Waals surface area contributed by atoms with Crippen LogP contribution in [0.5, 0.6) is 11.5 Å². The predicted octanol–water partition coefficient (Wildman–Crippen LogP) is 4.56. The molecule has 0 saturated heterocycles. The summed E-state index contributed by atoms with van der Waals surface area (Å²) in [6.07, 6.45) is 1.69. The Labute approximate surface area is 248 Å². The van der Waals surface area contributed by atoms with Crippen molar-refractivity contribution < 1.29 is 23.9 Å². The first-order chi connectivity index (χ1) is 20.2. The quantitative estimate of drug-likeness (QED) is 0.164. The summed E-state index contributed by atoms with van der Waals surface area (Å²) in [4.78, 5) is 42.5. The van der Waals surface area contributed by atoms with Crippen LogP contribution in [-0.4, -0.2) is 29.7 Å². The fourth-order valence-corrected chi connectivity index (χ4v) is 5.86. The second-order valence-electron chi connectivity index (χ2n) is 9.23. The number of carbonyl (C=O) groups is 1. The SMILES string of the molecule is COC(=O)C1=C(C)N=c2sc(=Cc3ccc(OCc4ccccc4)c(OC)c3)c(=O)n2C1c1ccc(Cl)c([N+](=O)[O-])c1. The Morgan fingerprint density at radius 2 is 1.88 bits per heavy atom. The lowest BCUT2D eigenvalue weighted by molar-refractivity contribution is -0.384. The van der Waals surface area contributed by atoms with Gasteiger partial charge in [-0.05, 0) is 47.9 Å². The lowest BCUT2D eigenvalue weighted by Gasteiger charge is -2.24. The number of methoxy groups -OCH3 is 2. The maximum absolute atomic E-state index is 13.8. The molecule has 0 amide bonds. The molecule has 0 radical (unpaired) electrons. The number of esters is 1. The van der Waals surface area contributed by atoms with Crippen molar-refractivity contribution >= 4 is 40.7 Å². The number of nitro groups is 1. The number of hydrogen-bond donors (Lipinski definition) is 0. The van der Waals surface area contributed by atoms with Crippen LogP contribution in [0.1, 0.15) is 29.7 Å². The molecule has 0 spiro atoms. The van der Waals surface area contributed by atoms with Crippen molar-refractivity contribution in [2.45, 2.75) is 19.6 Å². The summed E-state index contributed by atoms with van der Waals surface area (Å²) in [5, 5.41) is 11.5. The number of carbonyl (C=O) groups excluding carboxylic acids is 1. The molecule has 0 saturated carbocycles.